The Balaban J connectivity index is 1.53. The largest absolute Gasteiger partial charge is 0.434 e. The topological polar surface area (TPSA) is 63.1 Å². The second kappa shape index (κ2) is 7.03. The third-order valence-corrected chi connectivity index (χ3v) is 4.57. The van der Waals surface area contributed by atoms with Gasteiger partial charge >= 0.3 is 5.97 Å². The fraction of sp³-hybridized carbons (Fsp3) is 0.136. The average molecular weight is 357 g/mol. The first-order chi connectivity index (χ1) is 13.1. The van der Waals surface area contributed by atoms with Crippen molar-refractivity contribution in [3.05, 3.63) is 89.0 Å². The van der Waals surface area contributed by atoms with E-state index in [1.165, 1.54) is 0 Å². The number of ether oxygens (including phenoxy) is 1. The number of carbonyl (C=O) groups is 1. The van der Waals surface area contributed by atoms with Crippen molar-refractivity contribution in [2.24, 2.45) is 10.2 Å². The summed E-state index contributed by atoms with van der Waals surface area (Å²) in [6.07, 6.45) is -0.480. The maximum absolute atomic E-state index is 12.0. The predicted octanol–water partition coefficient (Wildman–Crippen LogP) is 6.00. The molecule has 0 saturated heterocycles. The number of benzene rings is 3. The molecular weight excluding hydrogens is 338 g/mol. The fourth-order valence-electron chi connectivity index (χ4n) is 3.05. The van der Waals surface area contributed by atoms with Crippen molar-refractivity contribution >= 4 is 23.0 Å². The molecule has 0 aromatic heterocycles. The molecule has 1 aliphatic heterocycles. The molecule has 1 N–H and O–H groups in total. The van der Waals surface area contributed by atoms with Gasteiger partial charge in [-0.25, -0.2) is 4.79 Å². The summed E-state index contributed by atoms with van der Waals surface area (Å²) < 4.78 is 5.45. The van der Waals surface area contributed by atoms with Crippen LogP contribution in [-0.4, -0.2) is 5.97 Å². The van der Waals surface area contributed by atoms with Crippen molar-refractivity contribution in [2.45, 2.75) is 20.1 Å². The van der Waals surface area contributed by atoms with Crippen molar-refractivity contribution in [3.63, 3.8) is 0 Å². The lowest BCUT2D eigenvalue weighted by atomic mass is 10.1. The highest BCUT2D eigenvalue weighted by atomic mass is 16.6. The van der Waals surface area contributed by atoms with Crippen molar-refractivity contribution < 1.29 is 9.53 Å². The van der Waals surface area contributed by atoms with Crippen LogP contribution in [0.3, 0.4) is 0 Å². The van der Waals surface area contributed by atoms with Crippen LogP contribution < -0.4 is 5.32 Å². The maximum atomic E-state index is 12.0. The first-order valence-corrected chi connectivity index (χ1v) is 8.76. The first-order valence-electron chi connectivity index (χ1n) is 8.76. The molecule has 0 fully saturated rings. The minimum Gasteiger partial charge on any atom is -0.434 e. The Bertz CT molecular complexity index is 1040. The Labute approximate surface area is 157 Å². The molecule has 1 heterocycles. The monoisotopic (exact) mass is 357 g/mol. The zero-order chi connectivity index (χ0) is 18.8. The van der Waals surface area contributed by atoms with Gasteiger partial charge in [-0.05, 0) is 55.3 Å². The van der Waals surface area contributed by atoms with Crippen molar-refractivity contribution in [1.29, 1.82) is 0 Å². The molecule has 0 amide bonds. The summed E-state index contributed by atoms with van der Waals surface area (Å²) in [5.41, 5.74) is 6.05. The smallest absolute Gasteiger partial charge is 0.340 e. The van der Waals surface area contributed by atoms with E-state index in [9.17, 15) is 4.79 Å². The van der Waals surface area contributed by atoms with Crippen LogP contribution in [0.1, 0.15) is 33.3 Å². The van der Waals surface area contributed by atoms with Gasteiger partial charge in [-0.2, -0.15) is 10.2 Å². The standard InChI is InChI=1S/C22H19N3O2/c1-14-7-3-6-10-20(14)25-24-16-11-12-19(15(2)13-16)23-21-17-8-4-5-9-18(17)22(26)27-21/h3-13,21,23H,1-2H3. The van der Waals surface area contributed by atoms with Gasteiger partial charge in [0.2, 0.25) is 6.23 Å². The van der Waals surface area contributed by atoms with Crippen LogP contribution in [0.2, 0.25) is 0 Å². The molecule has 0 saturated carbocycles. The van der Waals surface area contributed by atoms with Crippen LogP contribution in [0.5, 0.6) is 0 Å². The van der Waals surface area contributed by atoms with Crippen LogP contribution in [0.15, 0.2) is 77.0 Å². The molecule has 0 spiro atoms. The zero-order valence-corrected chi connectivity index (χ0v) is 15.1. The first kappa shape index (κ1) is 17.0. The lowest BCUT2D eigenvalue weighted by Gasteiger charge is -2.16. The summed E-state index contributed by atoms with van der Waals surface area (Å²) in [7, 11) is 0. The summed E-state index contributed by atoms with van der Waals surface area (Å²) in [5, 5.41) is 11.9. The van der Waals surface area contributed by atoms with Gasteiger partial charge in [-0.15, -0.1) is 0 Å². The lowest BCUT2D eigenvalue weighted by molar-refractivity contribution is 0.0437. The number of esters is 1. The number of rotatable bonds is 4. The van der Waals surface area contributed by atoms with Gasteiger partial charge < -0.3 is 10.1 Å². The van der Waals surface area contributed by atoms with E-state index in [2.05, 4.69) is 15.5 Å². The molecule has 0 radical (unpaired) electrons. The number of azo groups is 1. The van der Waals surface area contributed by atoms with E-state index in [0.717, 1.165) is 33.8 Å². The number of hydrogen-bond donors (Lipinski definition) is 1. The molecule has 5 nitrogen and oxygen atoms in total. The van der Waals surface area contributed by atoms with Gasteiger partial charge in [0.05, 0.1) is 16.9 Å². The normalized spacial score (nSPS) is 15.6. The molecule has 1 unspecified atom stereocenters. The molecule has 3 aromatic carbocycles. The molecule has 0 bridgehead atoms. The van der Waals surface area contributed by atoms with E-state index < -0.39 is 6.23 Å². The summed E-state index contributed by atoms with van der Waals surface area (Å²) in [6, 6.07) is 21.1. The van der Waals surface area contributed by atoms with Crippen LogP contribution in [0.4, 0.5) is 17.1 Å². The second-order valence-corrected chi connectivity index (χ2v) is 6.50. The zero-order valence-electron chi connectivity index (χ0n) is 15.1. The van der Waals surface area contributed by atoms with Crippen LogP contribution in [0, 0.1) is 13.8 Å². The maximum Gasteiger partial charge on any atom is 0.340 e. The van der Waals surface area contributed by atoms with E-state index in [1.807, 2.05) is 74.5 Å². The van der Waals surface area contributed by atoms with Gasteiger partial charge in [0.15, 0.2) is 0 Å². The van der Waals surface area contributed by atoms with E-state index in [0.29, 0.717) is 5.56 Å². The van der Waals surface area contributed by atoms with Gasteiger partial charge in [-0.1, -0.05) is 36.4 Å². The number of nitrogens with one attached hydrogen (secondary N) is 1. The summed E-state index contributed by atoms with van der Waals surface area (Å²) >= 11 is 0. The Morgan fingerprint density at radius 2 is 1.67 bits per heavy atom. The minimum atomic E-state index is -0.480. The Hall–Kier alpha value is -3.47. The number of fused-ring (bicyclic) bond motifs is 1. The van der Waals surface area contributed by atoms with E-state index in [1.54, 1.807) is 6.07 Å². The fourth-order valence-corrected chi connectivity index (χ4v) is 3.05. The molecule has 1 aliphatic rings. The summed E-state index contributed by atoms with van der Waals surface area (Å²) in [6.45, 7) is 3.99. The van der Waals surface area contributed by atoms with E-state index in [4.69, 9.17) is 4.74 Å². The van der Waals surface area contributed by atoms with Crippen molar-refractivity contribution in [2.75, 3.05) is 5.32 Å². The average Bonchev–Trinajstić information content (AvgIpc) is 2.99. The third kappa shape index (κ3) is 3.44. The molecule has 0 aliphatic carbocycles. The van der Waals surface area contributed by atoms with Gasteiger partial charge in [0.1, 0.15) is 0 Å². The highest BCUT2D eigenvalue weighted by Crippen LogP contribution is 2.33. The van der Waals surface area contributed by atoms with Gasteiger partial charge in [-0.3, -0.25) is 0 Å². The van der Waals surface area contributed by atoms with E-state index >= 15 is 0 Å². The number of hydrogen-bond acceptors (Lipinski definition) is 5. The molecule has 5 heteroatoms. The number of anilines is 1. The van der Waals surface area contributed by atoms with Gasteiger partial charge in [0, 0.05) is 11.3 Å². The highest BCUT2D eigenvalue weighted by molar-refractivity contribution is 5.94. The molecule has 27 heavy (non-hydrogen) atoms. The highest BCUT2D eigenvalue weighted by Gasteiger charge is 2.30. The van der Waals surface area contributed by atoms with E-state index in [-0.39, 0.29) is 5.97 Å². The molecular formula is C22H19N3O2. The molecule has 134 valence electrons. The summed E-state index contributed by atoms with van der Waals surface area (Å²) in [5.74, 6) is -0.301. The van der Waals surface area contributed by atoms with Crippen molar-refractivity contribution in [1.82, 2.24) is 0 Å². The van der Waals surface area contributed by atoms with Crippen LogP contribution in [-0.2, 0) is 4.74 Å². The minimum absolute atomic E-state index is 0.301. The van der Waals surface area contributed by atoms with Crippen LogP contribution in [0.25, 0.3) is 0 Å². The molecule has 1 atom stereocenters. The van der Waals surface area contributed by atoms with Gasteiger partial charge in [0.25, 0.3) is 0 Å². The Morgan fingerprint density at radius 1 is 0.889 bits per heavy atom. The summed E-state index contributed by atoms with van der Waals surface area (Å²) in [4.78, 5) is 12.0. The lowest BCUT2D eigenvalue weighted by Crippen LogP contribution is -2.11. The Morgan fingerprint density at radius 3 is 2.48 bits per heavy atom. The second-order valence-electron chi connectivity index (χ2n) is 6.50. The quantitative estimate of drug-likeness (QED) is 0.460. The SMILES string of the molecule is Cc1ccccc1N=Nc1ccc(NC2OC(=O)c3ccccc32)c(C)c1. The molecule has 4 rings (SSSR count). The number of nitrogens with zero attached hydrogens (tertiary/aromatic N) is 2. The predicted molar refractivity (Wildman–Crippen MR) is 105 cm³/mol. The number of carbonyl (C=O) groups excluding carboxylic acids is 1. The third-order valence-electron chi connectivity index (χ3n) is 4.57. The molecule has 3 aromatic rings. The van der Waals surface area contributed by atoms with Crippen molar-refractivity contribution in [3.8, 4) is 0 Å². The number of cyclic esters (lactones) is 1. The Kier molecular flexibility index (Phi) is 4.42. The number of aryl methyl sites for hydroxylation is 2. The van der Waals surface area contributed by atoms with Crippen LogP contribution >= 0.6 is 0 Å².